The Kier molecular flexibility index (Phi) is 3.75. The minimum atomic E-state index is -0.102. The van der Waals surface area contributed by atoms with Crippen molar-refractivity contribution in [3.8, 4) is 18.1 Å². The Morgan fingerprint density at radius 3 is 2.80 bits per heavy atom. The van der Waals surface area contributed by atoms with Crippen LogP contribution in [0.3, 0.4) is 0 Å². The highest BCUT2D eigenvalue weighted by atomic mass is 16.3. The Labute approximate surface area is 89.3 Å². The van der Waals surface area contributed by atoms with Gasteiger partial charge in [0.15, 0.2) is 0 Å². The molecule has 1 aromatic rings. The van der Waals surface area contributed by atoms with Crippen molar-refractivity contribution in [2.24, 2.45) is 0 Å². The third-order valence-corrected chi connectivity index (χ3v) is 2.09. The second-order valence-corrected chi connectivity index (χ2v) is 3.26. The number of rotatable bonds is 3. The molecule has 0 unspecified atom stereocenters. The molecule has 0 aliphatic rings. The van der Waals surface area contributed by atoms with Crippen LogP contribution in [-0.2, 0) is 11.2 Å². The Hall–Kier alpha value is -1.95. The zero-order valence-corrected chi connectivity index (χ0v) is 8.60. The number of para-hydroxylation sites is 1. The minimum absolute atomic E-state index is 0.102. The number of aromatic hydroxyl groups is 1. The Morgan fingerprint density at radius 1 is 1.53 bits per heavy atom. The van der Waals surface area contributed by atoms with E-state index < -0.39 is 0 Å². The van der Waals surface area contributed by atoms with E-state index >= 15 is 0 Å². The number of phenolic OH excluding ortho intramolecular Hbond substituents is 1. The van der Waals surface area contributed by atoms with Gasteiger partial charge in [-0.1, -0.05) is 24.1 Å². The lowest BCUT2D eigenvalue weighted by Gasteiger charge is -2.13. The van der Waals surface area contributed by atoms with Crippen LogP contribution in [0.5, 0.6) is 5.75 Å². The molecule has 0 aliphatic heterocycles. The molecule has 0 heterocycles. The molecule has 0 atom stereocenters. The van der Waals surface area contributed by atoms with Gasteiger partial charge in [-0.05, 0) is 6.07 Å². The molecule has 1 amide bonds. The summed E-state index contributed by atoms with van der Waals surface area (Å²) in [5.41, 5.74) is 0.617. The fraction of sp³-hybridized carbons (Fsp3) is 0.250. The summed E-state index contributed by atoms with van der Waals surface area (Å²) >= 11 is 0. The number of hydrogen-bond acceptors (Lipinski definition) is 2. The number of likely N-dealkylation sites (N-methyl/N-ethyl adjacent to an activating group) is 1. The summed E-state index contributed by atoms with van der Waals surface area (Å²) in [4.78, 5) is 13.0. The van der Waals surface area contributed by atoms with Gasteiger partial charge in [0.25, 0.3) is 0 Å². The summed E-state index contributed by atoms with van der Waals surface area (Å²) in [6.07, 6.45) is 5.27. The van der Waals surface area contributed by atoms with E-state index in [4.69, 9.17) is 6.42 Å². The number of nitrogens with zero attached hydrogens (tertiary/aromatic N) is 1. The topological polar surface area (TPSA) is 40.5 Å². The molecule has 0 saturated carbocycles. The average Bonchev–Trinajstić information content (AvgIpc) is 2.21. The summed E-state index contributed by atoms with van der Waals surface area (Å²) < 4.78 is 0. The highest BCUT2D eigenvalue weighted by Crippen LogP contribution is 2.16. The van der Waals surface area contributed by atoms with Gasteiger partial charge in [0.05, 0.1) is 13.0 Å². The Morgan fingerprint density at radius 2 is 2.20 bits per heavy atom. The first-order chi connectivity index (χ1) is 7.15. The van der Waals surface area contributed by atoms with E-state index in [9.17, 15) is 9.90 Å². The van der Waals surface area contributed by atoms with Gasteiger partial charge in [-0.15, -0.1) is 6.42 Å². The minimum Gasteiger partial charge on any atom is -0.508 e. The molecule has 0 saturated heterocycles. The first-order valence-electron chi connectivity index (χ1n) is 4.59. The normalized spacial score (nSPS) is 9.33. The number of benzene rings is 1. The van der Waals surface area contributed by atoms with Crippen LogP contribution >= 0.6 is 0 Å². The Balaban J connectivity index is 2.67. The molecule has 3 nitrogen and oxygen atoms in total. The van der Waals surface area contributed by atoms with Crippen molar-refractivity contribution in [2.45, 2.75) is 6.42 Å². The molecule has 3 heteroatoms. The maximum Gasteiger partial charge on any atom is 0.227 e. The lowest BCUT2D eigenvalue weighted by Crippen LogP contribution is -2.28. The molecular weight excluding hydrogens is 190 g/mol. The zero-order chi connectivity index (χ0) is 11.3. The maximum atomic E-state index is 11.6. The van der Waals surface area contributed by atoms with E-state index in [1.807, 2.05) is 0 Å². The molecule has 0 bridgehead atoms. The number of terminal acetylenes is 1. The molecule has 78 valence electrons. The van der Waals surface area contributed by atoms with Gasteiger partial charge in [-0.3, -0.25) is 4.79 Å². The second-order valence-electron chi connectivity index (χ2n) is 3.26. The Bertz CT molecular complexity index is 393. The van der Waals surface area contributed by atoms with Gasteiger partial charge < -0.3 is 10.0 Å². The summed E-state index contributed by atoms with van der Waals surface area (Å²) in [7, 11) is 1.64. The van der Waals surface area contributed by atoms with Crippen molar-refractivity contribution in [3.63, 3.8) is 0 Å². The molecule has 0 aliphatic carbocycles. The average molecular weight is 203 g/mol. The van der Waals surface area contributed by atoms with Crippen LogP contribution in [0.4, 0.5) is 0 Å². The fourth-order valence-corrected chi connectivity index (χ4v) is 1.18. The third-order valence-electron chi connectivity index (χ3n) is 2.09. The third kappa shape index (κ3) is 3.03. The first-order valence-corrected chi connectivity index (χ1v) is 4.59. The van der Waals surface area contributed by atoms with Crippen LogP contribution in [-0.4, -0.2) is 29.5 Å². The van der Waals surface area contributed by atoms with E-state index in [2.05, 4.69) is 5.92 Å². The van der Waals surface area contributed by atoms with E-state index in [0.717, 1.165) is 0 Å². The summed E-state index contributed by atoms with van der Waals surface area (Å²) in [6, 6.07) is 6.78. The fourth-order valence-electron chi connectivity index (χ4n) is 1.18. The second kappa shape index (κ2) is 5.06. The standard InChI is InChI=1S/C12H13NO2/c1-3-8-13(2)12(15)9-10-6-4-5-7-11(10)14/h1,4-7,14H,8-9H2,2H3. The molecule has 0 spiro atoms. The van der Waals surface area contributed by atoms with E-state index in [-0.39, 0.29) is 24.6 Å². The summed E-state index contributed by atoms with van der Waals surface area (Å²) in [5.74, 6) is 2.43. The molecule has 0 radical (unpaired) electrons. The quantitative estimate of drug-likeness (QED) is 0.745. The summed E-state index contributed by atoms with van der Waals surface area (Å²) in [5, 5.41) is 9.46. The van der Waals surface area contributed by atoms with Crippen molar-refractivity contribution in [3.05, 3.63) is 29.8 Å². The molecule has 1 aromatic carbocycles. The van der Waals surface area contributed by atoms with Crippen molar-refractivity contribution in [1.29, 1.82) is 0 Å². The summed E-state index contributed by atoms with van der Waals surface area (Å²) in [6.45, 7) is 0.284. The largest absolute Gasteiger partial charge is 0.508 e. The van der Waals surface area contributed by atoms with Crippen molar-refractivity contribution in [2.75, 3.05) is 13.6 Å². The number of phenols is 1. The number of carbonyl (C=O) groups excluding carboxylic acids is 1. The van der Waals surface area contributed by atoms with Crippen LogP contribution in [0.2, 0.25) is 0 Å². The molecular formula is C12H13NO2. The zero-order valence-electron chi connectivity index (χ0n) is 8.60. The van der Waals surface area contributed by atoms with Crippen LogP contribution in [0.25, 0.3) is 0 Å². The first kappa shape index (κ1) is 11.1. The number of amides is 1. The van der Waals surface area contributed by atoms with E-state index in [1.54, 1.807) is 31.3 Å². The van der Waals surface area contributed by atoms with Gasteiger partial charge in [-0.2, -0.15) is 0 Å². The highest BCUT2D eigenvalue weighted by Gasteiger charge is 2.10. The molecule has 1 rings (SSSR count). The van der Waals surface area contributed by atoms with Crippen molar-refractivity contribution < 1.29 is 9.90 Å². The van der Waals surface area contributed by atoms with Gasteiger partial charge in [0.2, 0.25) is 5.91 Å². The van der Waals surface area contributed by atoms with Gasteiger partial charge in [0, 0.05) is 12.6 Å². The molecule has 1 N–H and O–H groups in total. The van der Waals surface area contributed by atoms with Gasteiger partial charge in [0.1, 0.15) is 5.75 Å². The maximum absolute atomic E-state index is 11.6. The van der Waals surface area contributed by atoms with Crippen LogP contribution in [0.15, 0.2) is 24.3 Å². The van der Waals surface area contributed by atoms with Crippen LogP contribution in [0, 0.1) is 12.3 Å². The molecule has 0 fully saturated rings. The SMILES string of the molecule is C#CCN(C)C(=O)Cc1ccccc1O. The van der Waals surface area contributed by atoms with E-state index in [1.165, 1.54) is 4.90 Å². The smallest absolute Gasteiger partial charge is 0.227 e. The highest BCUT2D eigenvalue weighted by molar-refractivity contribution is 5.79. The lowest BCUT2D eigenvalue weighted by molar-refractivity contribution is -0.128. The van der Waals surface area contributed by atoms with Crippen molar-refractivity contribution in [1.82, 2.24) is 4.90 Å². The van der Waals surface area contributed by atoms with Crippen molar-refractivity contribution >= 4 is 5.91 Å². The predicted molar refractivity (Wildman–Crippen MR) is 58.3 cm³/mol. The van der Waals surface area contributed by atoms with Crippen LogP contribution in [0.1, 0.15) is 5.56 Å². The predicted octanol–water partition coefficient (Wildman–Crippen LogP) is 1.03. The lowest BCUT2D eigenvalue weighted by atomic mass is 10.1. The monoisotopic (exact) mass is 203 g/mol. The van der Waals surface area contributed by atoms with Gasteiger partial charge in [-0.25, -0.2) is 0 Å². The van der Waals surface area contributed by atoms with Crippen LogP contribution < -0.4 is 0 Å². The van der Waals surface area contributed by atoms with Gasteiger partial charge >= 0.3 is 0 Å². The molecule has 0 aromatic heterocycles. The number of hydrogen-bond donors (Lipinski definition) is 1. The van der Waals surface area contributed by atoms with E-state index in [0.29, 0.717) is 5.56 Å². The number of carbonyl (C=O) groups is 1. The molecule has 15 heavy (non-hydrogen) atoms.